The monoisotopic (exact) mass is 136 g/mol. The third-order valence-corrected chi connectivity index (χ3v) is 0.752. The quantitative estimate of drug-likeness (QED) is 0.394. The summed E-state index contributed by atoms with van der Waals surface area (Å²) in [5.74, 6) is 5.57. The van der Waals surface area contributed by atoms with E-state index in [2.05, 4.69) is 17.6 Å². The Labute approximate surface area is 62.4 Å². The maximum absolute atomic E-state index is 4.72. The molecule has 10 heavy (non-hydrogen) atoms. The van der Waals surface area contributed by atoms with E-state index in [9.17, 15) is 0 Å². The Hall–Kier alpha value is -0.960. The van der Waals surface area contributed by atoms with Gasteiger partial charge >= 0.3 is 0 Å². The van der Waals surface area contributed by atoms with Gasteiger partial charge in [0.25, 0.3) is 0 Å². The van der Waals surface area contributed by atoms with Crippen LogP contribution >= 0.6 is 0 Å². The fourth-order valence-corrected chi connectivity index (χ4v) is 0.345. The number of rotatable bonds is 1. The molecule has 0 N–H and O–H groups in total. The van der Waals surface area contributed by atoms with Crippen LogP contribution in [0.5, 0.6) is 0 Å². The molecule has 1 heteroatoms. The van der Waals surface area contributed by atoms with Crippen molar-refractivity contribution < 1.29 is 4.74 Å². The van der Waals surface area contributed by atoms with E-state index in [1.807, 2.05) is 13.8 Å². The van der Waals surface area contributed by atoms with E-state index >= 15 is 0 Å². The molecule has 54 valence electrons. The Morgan fingerprint density at radius 1 is 1.50 bits per heavy atom. The van der Waals surface area contributed by atoms with Crippen LogP contribution in [0, 0.1) is 11.8 Å². The highest BCUT2D eigenvalue weighted by molar-refractivity contribution is 5.16. The Bertz CT molecular complexity index is 193. The minimum atomic E-state index is 0.487. The fraction of sp³-hybridized carbons (Fsp3) is 0.444. The van der Waals surface area contributed by atoms with Crippen LogP contribution in [-0.4, -0.2) is 13.7 Å². The van der Waals surface area contributed by atoms with Crippen LogP contribution in [0.4, 0.5) is 0 Å². The average molecular weight is 136 g/mol. The molecule has 0 bridgehead atoms. The second-order valence-corrected chi connectivity index (χ2v) is 2.04. The predicted molar refractivity (Wildman–Crippen MR) is 42.6 cm³/mol. The fourth-order valence-electron chi connectivity index (χ4n) is 0.345. The Balaban J connectivity index is 3.76. The van der Waals surface area contributed by atoms with E-state index in [0.29, 0.717) is 6.61 Å². The second-order valence-electron chi connectivity index (χ2n) is 2.04. The topological polar surface area (TPSA) is 9.23 Å². The van der Waals surface area contributed by atoms with Crippen molar-refractivity contribution in [1.29, 1.82) is 0 Å². The summed E-state index contributed by atoms with van der Waals surface area (Å²) < 4.78 is 4.72. The van der Waals surface area contributed by atoms with Gasteiger partial charge in [-0.1, -0.05) is 11.8 Å². The third kappa shape index (κ3) is 7.04. The third-order valence-electron chi connectivity index (χ3n) is 0.752. The number of allylic oxidation sites excluding steroid dienone is 1. The SMILES string of the molecule is COCC#CC=C=C(C)C. The smallest absolute Gasteiger partial charge is 0.107 e. The first-order chi connectivity index (χ1) is 4.77. The highest BCUT2D eigenvalue weighted by Gasteiger charge is 1.65. The first kappa shape index (κ1) is 9.04. The van der Waals surface area contributed by atoms with Gasteiger partial charge in [-0.05, 0) is 19.4 Å². The summed E-state index contributed by atoms with van der Waals surface area (Å²) in [5.41, 5.74) is 4.10. The molecule has 0 saturated heterocycles. The molecule has 0 radical (unpaired) electrons. The van der Waals surface area contributed by atoms with Crippen molar-refractivity contribution in [2.45, 2.75) is 13.8 Å². The van der Waals surface area contributed by atoms with Gasteiger partial charge in [-0.25, -0.2) is 0 Å². The van der Waals surface area contributed by atoms with E-state index in [1.165, 1.54) is 0 Å². The van der Waals surface area contributed by atoms with Crippen LogP contribution in [0.3, 0.4) is 0 Å². The highest BCUT2D eigenvalue weighted by Crippen LogP contribution is 1.81. The number of hydrogen-bond acceptors (Lipinski definition) is 1. The van der Waals surface area contributed by atoms with Crippen molar-refractivity contribution in [3.63, 3.8) is 0 Å². The molecule has 0 saturated carbocycles. The van der Waals surface area contributed by atoms with E-state index < -0.39 is 0 Å². The molecule has 0 heterocycles. The molecule has 0 aromatic rings. The molecule has 0 atom stereocenters. The van der Waals surface area contributed by atoms with Crippen molar-refractivity contribution in [2.75, 3.05) is 13.7 Å². The van der Waals surface area contributed by atoms with Crippen molar-refractivity contribution in [1.82, 2.24) is 0 Å². The normalized spacial score (nSPS) is 7.10. The lowest BCUT2D eigenvalue weighted by molar-refractivity contribution is 0.240. The molecule has 0 amide bonds. The lowest BCUT2D eigenvalue weighted by atomic mass is 10.4. The molecule has 0 spiro atoms. The molecular weight excluding hydrogens is 124 g/mol. The molecule has 0 unspecified atom stereocenters. The molecule has 0 aliphatic rings. The van der Waals surface area contributed by atoms with Crippen molar-refractivity contribution in [3.8, 4) is 11.8 Å². The van der Waals surface area contributed by atoms with E-state index in [4.69, 9.17) is 4.74 Å². The zero-order valence-electron chi connectivity index (χ0n) is 6.69. The summed E-state index contributed by atoms with van der Waals surface area (Å²) in [6.45, 7) is 4.45. The van der Waals surface area contributed by atoms with Gasteiger partial charge in [0.1, 0.15) is 6.61 Å². The lowest BCUT2D eigenvalue weighted by Crippen LogP contribution is -1.79. The summed E-state index contributed by atoms with van der Waals surface area (Å²) in [6.07, 6.45) is 1.70. The summed E-state index contributed by atoms with van der Waals surface area (Å²) in [7, 11) is 1.62. The van der Waals surface area contributed by atoms with E-state index in [1.54, 1.807) is 13.2 Å². The van der Waals surface area contributed by atoms with Crippen LogP contribution in [0.25, 0.3) is 0 Å². The van der Waals surface area contributed by atoms with Gasteiger partial charge in [0.15, 0.2) is 0 Å². The Morgan fingerprint density at radius 2 is 2.20 bits per heavy atom. The first-order valence-electron chi connectivity index (χ1n) is 3.13. The molecule has 0 fully saturated rings. The van der Waals surface area contributed by atoms with Crippen LogP contribution in [0.1, 0.15) is 13.8 Å². The number of ether oxygens (including phenoxy) is 1. The van der Waals surface area contributed by atoms with Gasteiger partial charge in [-0.2, -0.15) is 0 Å². The summed E-state index contributed by atoms with van der Waals surface area (Å²) in [5, 5.41) is 0. The van der Waals surface area contributed by atoms with Gasteiger partial charge in [0.2, 0.25) is 0 Å². The number of methoxy groups -OCH3 is 1. The summed E-state index contributed by atoms with van der Waals surface area (Å²) in [4.78, 5) is 0. The molecule has 0 rings (SSSR count). The van der Waals surface area contributed by atoms with E-state index in [0.717, 1.165) is 5.57 Å². The molecule has 1 nitrogen and oxygen atoms in total. The van der Waals surface area contributed by atoms with Crippen LogP contribution in [-0.2, 0) is 4.74 Å². The Kier molecular flexibility index (Phi) is 5.57. The van der Waals surface area contributed by atoms with Crippen molar-refractivity contribution >= 4 is 0 Å². The lowest BCUT2D eigenvalue weighted by Gasteiger charge is -1.79. The van der Waals surface area contributed by atoms with Crippen molar-refractivity contribution in [3.05, 3.63) is 17.4 Å². The second kappa shape index (κ2) is 6.16. The molecule has 0 aromatic heterocycles. The molecule has 0 aliphatic carbocycles. The molecule has 0 aliphatic heterocycles. The van der Waals surface area contributed by atoms with Crippen molar-refractivity contribution in [2.24, 2.45) is 0 Å². The Morgan fingerprint density at radius 3 is 2.70 bits per heavy atom. The average Bonchev–Trinajstić information content (AvgIpc) is 1.87. The zero-order chi connectivity index (χ0) is 7.82. The van der Waals surface area contributed by atoms with Gasteiger partial charge < -0.3 is 4.74 Å². The minimum absolute atomic E-state index is 0.487. The largest absolute Gasteiger partial charge is 0.372 e. The van der Waals surface area contributed by atoms with Crippen LogP contribution < -0.4 is 0 Å². The van der Waals surface area contributed by atoms with Gasteiger partial charge in [0, 0.05) is 13.2 Å². The summed E-state index contributed by atoms with van der Waals surface area (Å²) in [6, 6.07) is 0. The maximum Gasteiger partial charge on any atom is 0.107 e. The first-order valence-corrected chi connectivity index (χ1v) is 3.13. The van der Waals surface area contributed by atoms with Gasteiger partial charge in [0.05, 0.1) is 0 Å². The van der Waals surface area contributed by atoms with Gasteiger partial charge in [-0.3, -0.25) is 0 Å². The molecule has 0 aromatic carbocycles. The van der Waals surface area contributed by atoms with Crippen LogP contribution in [0.15, 0.2) is 17.4 Å². The maximum atomic E-state index is 4.72. The number of hydrogen-bond donors (Lipinski definition) is 0. The predicted octanol–water partition coefficient (Wildman–Crippen LogP) is 1.76. The van der Waals surface area contributed by atoms with Crippen LogP contribution in [0.2, 0.25) is 0 Å². The summed E-state index contributed by atoms with van der Waals surface area (Å²) >= 11 is 0. The standard InChI is InChI=1S/C9H12O/c1-9(2)7-5-4-6-8-10-3/h5H,8H2,1-3H3. The molecular formula is C9H12O. The van der Waals surface area contributed by atoms with E-state index in [-0.39, 0.29) is 0 Å². The minimum Gasteiger partial charge on any atom is -0.372 e. The highest BCUT2D eigenvalue weighted by atomic mass is 16.5. The van der Waals surface area contributed by atoms with Gasteiger partial charge in [-0.15, -0.1) is 5.73 Å². The zero-order valence-corrected chi connectivity index (χ0v) is 6.69.